The summed E-state index contributed by atoms with van der Waals surface area (Å²) in [6.45, 7) is 6.07. The van der Waals surface area contributed by atoms with E-state index < -0.39 is 0 Å². The van der Waals surface area contributed by atoms with E-state index in [9.17, 15) is 4.79 Å². The number of carbonyl (C=O) groups is 1. The zero-order valence-electron chi connectivity index (χ0n) is 19.2. The Labute approximate surface area is 191 Å². The lowest BCUT2D eigenvalue weighted by molar-refractivity contribution is 0.102. The van der Waals surface area contributed by atoms with Crippen molar-refractivity contribution in [2.24, 2.45) is 7.05 Å². The molecule has 0 bridgehead atoms. The van der Waals surface area contributed by atoms with E-state index in [0.29, 0.717) is 28.9 Å². The summed E-state index contributed by atoms with van der Waals surface area (Å²) in [4.78, 5) is 24.6. The number of carbonyl (C=O) groups excluding carboxylic acids is 1. The lowest BCUT2D eigenvalue weighted by Gasteiger charge is -2.38. The lowest BCUT2D eigenvalue weighted by Crippen LogP contribution is -2.54. The fourth-order valence-electron chi connectivity index (χ4n) is 4.65. The maximum atomic E-state index is 13.4. The second-order valence-electron chi connectivity index (χ2n) is 8.59. The standard InChI is InChI=1S/C24H27N7O2/c1-14-12-31(13-15(2)27-14)21-9-8-16(22-18(21)10-25-24(29-22)33-4)23(32)28-19-6-5-7-20-17(19)11-26-30(20)3/h5-11,14-15,27H,12-13H2,1-4H3,(H,28,32)/t14-,15-/m0/s1. The molecular formula is C24H27N7O2. The van der Waals surface area contributed by atoms with Gasteiger partial charge in [-0.2, -0.15) is 10.1 Å². The van der Waals surface area contributed by atoms with Crippen molar-refractivity contribution in [1.82, 2.24) is 25.1 Å². The normalized spacial score (nSPS) is 18.6. The Morgan fingerprint density at radius 1 is 1.12 bits per heavy atom. The molecule has 1 aliphatic rings. The van der Waals surface area contributed by atoms with E-state index in [4.69, 9.17) is 4.74 Å². The molecule has 9 heteroatoms. The number of fused-ring (bicyclic) bond motifs is 2. The average Bonchev–Trinajstić information content (AvgIpc) is 3.19. The molecule has 2 atom stereocenters. The first kappa shape index (κ1) is 21.1. The summed E-state index contributed by atoms with van der Waals surface area (Å²) < 4.78 is 7.05. The number of nitrogens with zero attached hydrogens (tertiary/aromatic N) is 5. The molecule has 0 saturated carbocycles. The van der Waals surface area contributed by atoms with Crippen molar-refractivity contribution in [3.63, 3.8) is 0 Å². The number of hydrogen-bond acceptors (Lipinski definition) is 7. The number of rotatable bonds is 4. The van der Waals surface area contributed by atoms with Gasteiger partial charge in [-0.25, -0.2) is 4.98 Å². The smallest absolute Gasteiger partial charge is 0.316 e. The summed E-state index contributed by atoms with van der Waals surface area (Å²) in [7, 11) is 3.40. The number of methoxy groups -OCH3 is 1. The molecule has 0 radical (unpaired) electrons. The molecule has 33 heavy (non-hydrogen) atoms. The van der Waals surface area contributed by atoms with Gasteiger partial charge in [0.15, 0.2) is 0 Å². The molecule has 3 heterocycles. The Morgan fingerprint density at radius 3 is 2.67 bits per heavy atom. The molecule has 0 unspecified atom stereocenters. The number of aryl methyl sites for hydroxylation is 1. The molecule has 4 aromatic rings. The van der Waals surface area contributed by atoms with E-state index in [0.717, 1.165) is 35.1 Å². The third-order valence-corrected chi connectivity index (χ3v) is 6.07. The number of benzene rings is 2. The van der Waals surface area contributed by atoms with Gasteiger partial charge in [0.25, 0.3) is 5.91 Å². The van der Waals surface area contributed by atoms with Crippen molar-refractivity contribution >= 4 is 39.1 Å². The van der Waals surface area contributed by atoms with Gasteiger partial charge in [-0.1, -0.05) is 6.07 Å². The third-order valence-electron chi connectivity index (χ3n) is 6.07. The molecule has 9 nitrogen and oxygen atoms in total. The van der Waals surface area contributed by atoms with Gasteiger partial charge in [-0.05, 0) is 38.1 Å². The molecule has 170 valence electrons. The number of amides is 1. The van der Waals surface area contributed by atoms with Crippen LogP contribution in [0, 0.1) is 0 Å². The maximum Gasteiger partial charge on any atom is 0.316 e. The molecule has 1 fully saturated rings. The van der Waals surface area contributed by atoms with Crippen LogP contribution in [-0.4, -0.2) is 57.9 Å². The monoisotopic (exact) mass is 445 g/mol. The van der Waals surface area contributed by atoms with Gasteiger partial charge in [0.1, 0.15) is 0 Å². The Balaban J connectivity index is 1.57. The highest BCUT2D eigenvalue weighted by Gasteiger charge is 2.25. The number of anilines is 2. The van der Waals surface area contributed by atoms with Crippen molar-refractivity contribution in [3.05, 3.63) is 48.3 Å². The van der Waals surface area contributed by atoms with Gasteiger partial charge >= 0.3 is 6.01 Å². The quantitative estimate of drug-likeness (QED) is 0.498. The van der Waals surface area contributed by atoms with Crippen molar-refractivity contribution in [2.75, 3.05) is 30.4 Å². The van der Waals surface area contributed by atoms with E-state index in [-0.39, 0.29) is 11.9 Å². The van der Waals surface area contributed by atoms with Gasteiger partial charge < -0.3 is 20.3 Å². The van der Waals surface area contributed by atoms with Gasteiger partial charge in [0.2, 0.25) is 0 Å². The number of nitrogens with one attached hydrogen (secondary N) is 2. The summed E-state index contributed by atoms with van der Waals surface area (Å²) in [5.74, 6) is -0.245. The molecule has 1 amide bonds. The number of ether oxygens (including phenoxy) is 1. The molecule has 2 N–H and O–H groups in total. The second-order valence-corrected chi connectivity index (χ2v) is 8.59. The van der Waals surface area contributed by atoms with Crippen LogP contribution in [0.15, 0.2) is 42.7 Å². The van der Waals surface area contributed by atoms with E-state index in [1.165, 1.54) is 7.11 Å². The van der Waals surface area contributed by atoms with Crippen molar-refractivity contribution in [2.45, 2.75) is 25.9 Å². The van der Waals surface area contributed by atoms with E-state index in [1.807, 2.05) is 37.4 Å². The Hall–Kier alpha value is -3.72. The van der Waals surface area contributed by atoms with Crippen LogP contribution in [0.3, 0.4) is 0 Å². The van der Waals surface area contributed by atoms with Gasteiger partial charge in [-0.15, -0.1) is 0 Å². The van der Waals surface area contributed by atoms with E-state index in [1.54, 1.807) is 17.1 Å². The third kappa shape index (κ3) is 3.84. The first-order valence-electron chi connectivity index (χ1n) is 11.0. The summed E-state index contributed by atoms with van der Waals surface area (Å²) in [5, 5.41) is 12.6. The molecule has 1 aliphatic heterocycles. The molecule has 2 aromatic heterocycles. The topological polar surface area (TPSA) is 97.2 Å². The van der Waals surface area contributed by atoms with Crippen molar-refractivity contribution in [3.8, 4) is 6.01 Å². The summed E-state index contributed by atoms with van der Waals surface area (Å²) in [5.41, 5.74) is 3.69. The van der Waals surface area contributed by atoms with Crippen LogP contribution in [0.25, 0.3) is 21.8 Å². The summed E-state index contributed by atoms with van der Waals surface area (Å²) in [6.07, 6.45) is 3.50. The summed E-state index contributed by atoms with van der Waals surface area (Å²) >= 11 is 0. The zero-order chi connectivity index (χ0) is 23.1. The minimum absolute atomic E-state index is 0.227. The maximum absolute atomic E-state index is 13.4. The molecule has 2 aromatic carbocycles. The molecule has 1 saturated heterocycles. The fourth-order valence-corrected chi connectivity index (χ4v) is 4.65. The Bertz CT molecular complexity index is 1340. The van der Waals surface area contributed by atoms with Gasteiger partial charge in [-0.3, -0.25) is 9.48 Å². The molecule has 0 spiro atoms. The Kier molecular flexibility index (Phi) is 5.33. The van der Waals surface area contributed by atoms with E-state index in [2.05, 4.69) is 44.4 Å². The van der Waals surface area contributed by atoms with Gasteiger partial charge in [0.05, 0.1) is 35.6 Å². The lowest BCUT2D eigenvalue weighted by atomic mass is 10.0. The van der Waals surface area contributed by atoms with Crippen LogP contribution in [0.1, 0.15) is 24.2 Å². The van der Waals surface area contributed by atoms with Crippen LogP contribution >= 0.6 is 0 Å². The van der Waals surface area contributed by atoms with Gasteiger partial charge in [0, 0.05) is 54.9 Å². The first-order chi connectivity index (χ1) is 15.9. The first-order valence-corrected chi connectivity index (χ1v) is 11.0. The van der Waals surface area contributed by atoms with Crippen LogP contribution < -0.4 is 20.3 Å². The van der Waals surface area contributed by atoms with E-state index >= 15 is 0 Å². The van der Waals surface area contributed by atoms with Crippen molar-refractivity contribution in [1.29, 1.82) is 0 Å². The number of piperazine rings is 1. The fraction of sp³-hybridized carbons (Fsp3) is 0.333. The highest BCUT2D eigenvalue weighted by atomic mass is 16.5. The van der Waals surface area contributed by atoms with Crippen LogP contribution in [0.2, 0.25) is 0 Å². The molecule has 0 aliphatic carbocycles. The minimum atomic E-state index is -0.245. The number of aromatic nitrogens is 4. The highest BCUT2D eigenvalue weighted by Crippen LogP contribution is 2.31. The highest BCUT2D eigenvalue weighted by molar-refractivity contribution is 6.15. The predicted molar refractivity (Wildman–Crippen MR) is 129 cm³/mol. The van der Waals surface area contributed by atoms with Crippen LogP contribution in [0.4, 0.5) is 11.4 Å². The minimum Gasteiger partial charge on any atom is -0.467 e. The zero-order valence-corrected chi connectivity index (χ0v) is 19.2. The molecule has 5 rings (SSSR count). The average molecular weight is 446 g/mol. The van der Waals surface area contributed by atoms with Crippen LogP contribution in [0.5, 0.6) is 6.01 Å². The molecular weight excluding hydrogens is 418 g/mol. The number of hydrogen-bond donors (Lipinski definition) is 2. The summed E-state index contributed by atoms with van der Waals surface area (Å²) in [6, 6.07) is 10.5. The second kappa shape index (κ2) is 8.32. The van der Waals surface area contributed by atoms with Crippen molar-refractivity contribution < 1.29 is 9.53 Å². The predicted octanol–water partition coefficient (Wildman–Crippen LogP) is 2.96. The van der Waals surface area contributed by atoms with Crippen LogP contribution in [-0.2, 0) is 7.05 Å². The largest absolute Gasteiger partial charge is 0.467 e. The Morgan fingerprint density at radius 2 is 1.91 bits per heavy atom. The SMILES string of the molecule is COc1ncc2c(N3C[C@H](C)N[C@@H](C)C3)ccc(C(=O)Nc3cccc4c3cnn4C)c2n1.